The van der Waals surface area contributed by atoms with E-state index in [9.17, 15) is 12.8 Å². The molecular weight excluding hydrogens is 259 g/mol. The van der Waals surface area contributed by atoms with Gasteiger partial charge in [0.1, 0.15) is 5.82 Å². The van der Waals surface area contributed by atoms with Crippen LogP contribution < -0.4 is 4.90 Å². The molecule has 0 unspecified atom stereocenters. The van der Waals surface area contributed by atoms with Gasteiger partial charge in [-0.3, -0.25) is 0 Å². The first kappa shape index (κ1) is 14.7. The van der Waals surface area contributed by atoms with E-state index in [1.54, 1.807) is 14.0 Å². The maximum Gasteiger partial charge on any atom is 0.313 e. The van der Waals surface area contributed by atoms with Crippen molar-refractivity contribution < 1.29 is 12.8 Å². The van der Waals surface area contributed by atoms with Gasteiger partial charge in [-0.2, -0.15) is 19.3 Å². The summed E-state index contributed by atoms with van der Waals surface area (Å²) in [4.78, 5) is 12.4. The third kappa shape index (κ3) is 4.52. The number of rotatable bonds is 6. The summed E-state index contributed by atoms with van der Waals surface area (Å²) in [6.07, 6.45) is -0.272. The van der Waals surface area contributed by atoms with Gasteiger partial charge in [-0.25, -0.2) is 8.42 Å². The summed E-state index contributed by atoms with van der Waals surface area (Å²) in [5.74, 6) is 0.572. The van der Waals surface area contributed by atoms with Crippen molar-refractivity contribution in [3.63, 3.8) is 0 Å². The lowest BCUT2D eigenvalue weighted by atomic mass is 10.6. The Morgan fingerprint density at radius 2 is 1.89 bits per heavy atom. The van der Waals surface area contributed by atoms with E-state index in [0.717, 1.165) is 0 Å². The van der Waals surface area contributed by atoms with E-state index in [0.29, 0.717) is 6.42 Å². The predicted octanol–water partition coefficient (Wildman–Crippen LogP) is 0.580. The van der Waals surface area contributed by atoms with Crippen molar-refractivity contribution in [2.75, 3.05) is 30.0 Å². The van der Waals surface area contributed by atoms with Crippen LogP contribution >= 0.6 is 0 Å². The van der Waals surface area contributed by atoms with Crippen molar-refractivity contribution in [1.82, 2.24) is 15.0 Å². The highest BCUT2D eigenvalue weighted by molar-refractivity contribution is 7.91. The van der Waals surface area contributed by atoms with Crippen LogP contribution in [0.5, 0.6) is 0 Å². The molecule has 1 aromatic rings. The van der Waals surface area contributed by atoms with Crippen LogP contribution in [0.3, 0.4) is 0 Å². The highest BCUT2D eigenvalue weighted by Crippen LogP contribution is 2.06. The van der Waals surface area contributed by atoms with Crippen LogP contribution in [0.25, 0.3) is 0 Å². The zero-order chi connectivity index (χ0) is 13.8. The second-order valence-corrected chi connectivity index (χ2v) is 6.33. The van der Waals surface area contributed by atoms with Crippen LogP contribution in [-0.4, -0.2) is 48.5 Å². The number of anilines is 1. The summed E-state index contributed by atoms with van der Waals surface area (Å²) in [6, 6.07) is 0. The molecule has 0 N–H and O–H groups in total. The molecule has 1 aromatic heterocycles. The first-order valence-corrected chi connectivity index (χ1v) is 7.46. The second kappa shape index (κ2) is 6.03. The smallest absolute Gasteiger partial charge is 0.313 e. The normalized spacial score (nSPS) is 11.6. The molecule has 0 radical (unpaired) electrons. The molecule has 102 valence electrons. The van der Waals surface area contributed by atoms with Crippen molar-refractivity contribution in [3.05, 3.63) is 11.9 Å². The molecule has 0 aliphatic heterocycles. The highest BCUT2D eigenvalue weighted by atomic mass is 32.2. The first-order valence-electron chi connectivity index (χ1n) is 5.64. The minimum atomic E-state index is -3.06. The Kier molecular flexibility index (Phi) is 4.94. The molecule has 1 heterocycles. The lowest BCUT2D eigenvalue weighted by Crippen LogP contribution is -2.28. The number of nitrogens with zero attached hydrogens (tertiary/aromatic N) is 4. The molecule has 0 saturated carbocycles. The van der Waals surface area contributed by atoms with Gasteiger partial charge in [0.15, 0.2) is 9.84 Å². The summed E-state index contributed by atoms with van der Waals surface area (Å²) in [5.41, 5.74) is 0. The topological polar surface area (TPSA) is 76.1 Å². The highest BCUT2D eigenvalue weighted by Gasteiger charge is 2.13. The fraction of sp³-hybridized carbons (Fsp3) is 0.700. The van der Waals surface area contributed by atoms with Crippen molar-refractivity contribution in [1.29, 1.82) is 0 Å². The zero-order valence-corrected chi connectivity index (χ0v) is 11.5. The van der Waals surface area contributed by atoms with Gasteiger partial charge in [0.2, 0.25) is 5.95 Å². The van der Waals surface area contributed by atoms with Crippen molar-refractivity contribution >= 4 is 15.8 Å². The van der Waals surface area contributed by atoms with E-state index in [-0.39, 0.29) is 29.8 Å². The maximum absolute atomic E-state index is 13.0. The van der Waals surface area contributed by atoms with E-state index in [4.69, 9.17) is 0 Å². The van der Waals surface area contributed by atoms with Gasteiger partial charge in [0.05, 0.1) is 5.75 Å². The van der Waals surface area contributed by atoms with Crippen LogP contribution in [0.4, 0.5) is 10.3 Å². The molecule has 0 bridgehead atoms. The molecule has 0 fully saturated rings. The van der Waals surface area contributed by atoms with Crippen molar-refractivity contribution in [2.45, 2.75) is 20.3 Å². The average Bonchev–Trinajstić information content (AvgIpc) is 2.24. The number of halogens is 1. The van der Waals surface area contributed by atoms with Gasteiger partial charge >= 0.3 is 6.08 Å². The summed E-state index contributed by atoms with van der Waals surface area (Å²) < 4.78 is 36.1. The number of aromatic nitrogens is 3. The second-order valence-electron chi connectivity index (χ2n) is 4.03. The average molecular weight is 276 g/mol. The molecule has 0 aliphatic rings. The number of sulfone groups is 1. The number of aryl methyl sites for hydroxylation is 1. The Hall–Kier alpha value is -1.31. The molecule has 0 aromatic carbocycles. The van der Waals surface area contributed by atoms with Gasteiger partial charge < -0.3 is 4.90 Å². The summed E-state index contributed by atoms with van der Waals surface area (Å²) in [7, 11) is -1.44. The molecule has 0 spiro atoms. The van der Waals surface area contributed by atoms with Crippen molar-refractivity contribution in [3.8, 4) is 0 Å². The first-order chi connectivity index (χ1) is 8.34. The Labute approximate surface area is 106 Å². The van der Waals surface area contributed by atoms with Crippen LogP contribution in [0.2, 0.25) is 0 Å². The lowest BCUT2D eigenvalue weighted by Gasteiger charge is -2.16. The van der Waals surface area contributed by atoms with Gasteiger partial charge in [-0.1, -0.05) is 6.92 Å². The fourth-order valence-electron chi connectivity index (χ4n) is 1.40. The predicted molar refractivity (Wildman–Crippen MR) is 66.7 cm³/mol. The minimum absolute atomic E-state index is 0.00366. The molecule has 0 saturated heterocycles. The van der Waals surface area contributed by atoms with E-state index in [2.05, 4.69) is 15.0 Å². The van der Waals surface area contributed by atoms with Gasteiger partial charge in [-0.05, 0) is 13.3 Å². The molecule has 1 rings (SSSR count). The lowest BCUT2D eigenvalue weighted by molar-refractivity contribution is 0.526. The zero-order valence-electron chi connectivity index (χ0n) is 10.7. The summed E-state index contributed by atoms with van der Waals surface area (Å²) in [5, 5.41) is 0. The molecule has 6 nitrogen and oxygen atoms in total. The third-order valence-corrected chi connectivity index (χ3v) is 4.14. The quantitative estimate of drug-likeness (QED) is 0.756. The Morgan fingerprint density at radius 1 is 1.22 bits per heavy atom. The SMILES string of the molecule is CCCS(=O)(=O)CCN(C)c1nc(C)nc(F)n1. The monoisotopic (exact) mass is 276 g/mol. The van der Waals surface area contributed by atoms with Gasteiger partial charge in [0.25, 0.3) is 0 Å². The van der Waals surface area contributed by atoms with E-state index >= 15 is 0 Å². The van der Waals surface area contributed by atoms with Gasteiger partial charge in [-0.15, -0.1) is 0 Å². The van der Waals surface area contributed by atoms with E-state index in [1.807, 2.05) is 6.92 Å². The molecule has 0 amide bonds. The van der Waals surface area contributed by atoms with E-state index in [1.165, 1.54) is 4.90 Å². The minimum Gasteiger partial charge on any atom is -0.343 e. The van der Waals surface area contributed by atoms with Crippen LogP contribution in [-0.2, 0) is 9.84 Å². The van der Waals surface area contributed by atoms with Crippen LogP contribution in [0.1, 0.15) is 19.2 Å². The van der Waals surface area contributed by atoms with Gasteiger partial charge in [0, 0.05) is 19.3 Å². The molecule has 18 heavy (non-hydrogen) atoms. The fourth-order valence-corrected chi connectivity index (χ4v) is 2.77. The van der Waals surface area contributed by atoms with Crippen molar-refractivity contribution in [2.24, 2.45) is 0 Å². The van der Waals surface area contributed by atoms with Crippen LogP contribution in [0, 0.1) is 13.0 Å². The Morgan fingerprint density at radius 3 is 2.44 bits per heavy atom. The molecule has 0 atom stereocenters. The summed E-state index contributed by atoms with van der Waals surface area (Å²) >= 11 is 0. The summed E-state index contributed by atoms with van der Waals surface area (Å²) in [6.45, 7) is 3.59. The maximum atomic E-state index is 13.0. The molecule has 0 aliphatic carbocycles. The molecule has 8 heteroatoms. The number of hydrogen-bond acceptors (Lipinski definition) is 6. The largest absolute Gasteiger partial charge is 0.343 e. The molecular formula is C10H17FN4O2S. The van der Waals surface area contributed by atoms with E-state index < -0.39 is 15.9 Å². The van der Waals surface area contributed by atoms with Crippen LogP contribution in [0.15, 0.2) is 0 Å². The Balaban J connectivity index is 2.68. The third-order valence-electron chi connectivity index (χ3n) is 2.30. The Bertz CT molecular complexity index is 486. The number of hydrogen-bond donors (Lipinski definition) is 0. The standard InChI is InChI=1S/C10H17FN4O2S/c1-4-6-18(16,17)7-5-15(3)10-13-8(2)12-9(11)14-10/h4-7H2,1-3H3.